The van der Waals surface area contributed by atoms with Gasteiger partial charge in [0.2, 0.25) is 5.91 Å². The number of carbonyl (C=O) groups excluding carboxylic acids is 1. The van der Waals surface area contributed by atoms with E-state index in [0.717, 1.165) is 5.56 Å². The highest BCUT2D eigenvalue weighted by atomic mass is 35.5. The van der Waals surface area contributed by atoms with Crippen LogP contribution in [0.2, 0.25) is 5.02 Å². The average molecular weight is 213 g/mol. The van der Waals surface area contributed by atoms with Gasteiger partial charge in [-0.25, -0.2) is 0 Å². The molecule has 3 nitrogen and oxygen atoms in total. The number of halogens is 1. The molecule has 0 saturated heterocycles. The third-order valence-corrected chi connectivity index (χ3v) is 2.30. The van der Waals surface area contributed by atoms with Crippen molar-refractivity contribution < 1.29 is 4.79 Å². The van der Waals surface area contributed by atoms with Gasteiger partial charge in [0.05, 0.1) is 6.04 Å². The molecular weight excluding hydrogens is 200 g/mol. The van der Waals surface area contributed by atoms with Gasteiger partial charge < -0.3 is 11.1 Å². The van der Waals surface area contributed by atoms with Gasteiger partial charge in [-0.15, -0.1) is 0 Å². The molecule has 0 bridgehead atoms. The molecule has 0 fully saturated rings. The first-order valence-electron chi connectivity index (χ1n) is 4.34. The highest BCUT2D eigenvalue weighted by Crippen LogP contribution is 2.10. The van der Waals surface area contributed by atoms with Crippen LogP contribution in [-0.2, 0) is 11.2 Å². The monoisotopic (exact) mass is 212 g/mol. The Morgan fingerprint density at radius 1 is 1.50 bits per heavy atom. The van der Waals surface area contributed by atoms with Crippen molar-refractivity contribution in [2.75, 3.05) is 7.05 Å². The van der Waals surface area contributed by atoms with E-state index in [4.69, 9.17) is 17.3 Å². The molecule has 0 spiro atoms. The van der Waals surface area contributed by atoms with Crippen LogP contribution < -0.4 is 11.1 Å². The summed E-state index contributed by atoms with van der Waals surface area (Å²) < 4.78 is 0. The Balaban J connectivity index is 2.67. The van der Waals surface area contributed by atoms with Gasteiger partial charge in [0.1, 0.15) is 0 Å². The van der Waals surface area contributed by atoms with E-state index in [-0.39, 0.29) is 11.9 Å². The van der Waals surface area contributed by atoms with Crippen molar-refractivity contribution in [3.8, 4) is 0 Å². The molecule has 1 aromatic carbocycles. The Morgan fingerprint density at radius 2 is 2.07 bits per heavy atom. The van der Waals surface area contributed by atoms with E-state index in [1.54, 1.807) is 19.2 Å². The van der Waals surface area contributed by atoms with E-state index in [1.807, 2.05) is 12.1 Å². The molecule has 1 rings (SSSR count). The van der Waals surface area contributed by atoms with Crippen LogP contribution in [0.4, 0.5) is 0 Å². The fourth-order valence-corrected chi connectivity index (χ4v) is 1.33. The van der Waals surface area contributed by atoms with E-state index in [2.05, 4.69) is 5.32 Å². The molecule has 0 aromatic heterocycles. The summed E-state index contributed by atoms with van der Waals surface area (Å²) in [6, 6.07) is 7.04. The third kappa shape index (κ3) is 3.01. The minimum Gasteiger partial charge on any atom is -0.368 e. The number of rotatable bonds is 4. The van der Waals surface area contributed by atoms with Crippen molar-refractivity contribution in [1.82, 2.24) is 5.32 Å². The molecule has 0 radical (unpaired) electrons. The summed E-state index contributed by atoms with van der Waals surface area (Å²) in [5.74, 6) is -0.345. The van der Waals surface area contributed by atoms with Crippen LogP contribution in [0.5, 0.6) is 0 Å². The van der Waals surface area contributed by atoms with Gasteiger partial charge >= 0.3 is 0 Å². The summed E-state index contributed by atoms with van der Waals surface area (Å²) in [6.07, 6.45) is 0.586. The lowest BCUT2D eigenvalue weighted by Gasteiger charge is -2.11. The zero-order chi connectivity index (χ0) is 10.6. The van der Waals surface area contributed by atoms with Crippen LogP contribution in [0.25, 0.3) is 0 Å². The zero-order valence-electron chi connectivity index (χ0n) is 7.96. The molecule has 4 heteroatoms. The standard InChI is InChI=1S/C10H13ClN2O/c1-13-9(10(12)14)6-7-2-4-8(11)5-3-7/h2-5,9,13H,6H2,1H3,(H2,12,14). The average Bonchev–Trinajstić information content (AvgIpc) is 2.16. The number of nitrogens with two attached hydrogens (primary N) is 1. The van der Waals surface area contributed by atoms with Crippen molar-refractivity contribution in [2.24, 2.45) is 5.73 Å². The van der Waals surface area contributed by atoms with Crippen molar-refractivity contribution in [2.45, 2.75) is 12.5 Å². The van der Waals surface area contributed by atoms with E-state index >= 15 is 0 Å². The topological polar surface area (TPSA) is 55.1 Å². The summed E-state index contributed by atoms with van der Waals surface area (Å²) in [6.45, 7) is 0. The van der Waals surface area contributed by atoms with Crippen molar-refractivity contribution in [3.63, 3.8) is 0 Å². The van der Waals surface area contributed by atoms with Gasteiger partial charge in [0.25, 0.3) is 0 Å². The predicted molar refractivity (Wildman–Crippen MR) is 57.2 cm³/mol. The van der Waals surface area contributed by atoms with Gasteiger partial charge in [-0.05, 0) is 31.2 Å². The number of carbonyl (C=O) groups is 1. The number of benzene rings is 1. The molecule has 0 heterocycles. The first kappa shape index (κ1) is 11.0. The van der Waals surface area contributed by atoms with E-state index in [1.165, 1.54) is 0 Å². The molecule has 76 valence electrons. The Hall–Kier alpha value is -1.06. The molecule has 3 N–H and O–H groups in total. The fraction of sp³-hybridized carbons (Fsp3) is 0.300. The summed E-state index contributed by atoms with van der Waals surface area (Å²) in [5, 5.41) is 3.55. The van der Waals surface area contributed by atoms with Gasteiger partial charge in [0.15, 0.2) is 0 Å². The van der Waals surface area contributed by atoms with Crippen LogP contribution in [0.1, 0.15) is 5.56 Å². The summed E-state index contributed by atoms with van der Waals surface area (Å²) >= 11 is 5.74. The summed E-state index contributed by atoms with van der Waals surface area (Å²) in [5.41, 5.74) is 6.23. The number of likely N-dealkylation sites (N-methyl/N-ethyl adjacent to an activating group) is 1. The second-order valence-corrected chi connectivity index (χ2v) is 3.51. The first-order chi connectivity index (χ1) is 6.63. The maximum atomic E-state index is 10.9. The Morgan fingerprint density at radius 3 is 2.50 bits per heavy atom. The van der Waals surface area contributed by atoms with Crippen LogP contribution in [0.15, 0.2) is 24.3 Å². The number of amides is 1. The third-order valence-electron chi connectivity index (χ3n) is 2.04. The Kier molecular flexibility index (Phi) is 3.92. The zero-order valence-corrected chi connectivity index (χ0v) is 8.71. The van der Waals surface area contributed by atoms with Crippen molar-refractivity contribution >= 4 is 17.5 Å². The van der Waals surface area contributed by atoms with E-state index in [9.17, 15) is 4.79 Å². The van der Waals surface area contributed by atoms with Crippen LogP contribution in [0.3, 0.4) is 0 Å². The second kappa shape index (κ2) is 4.98. The highest BCUT2D eigenvalue weighted by molar-refractivity contribution is 6.30. The molecule has 1 amide bonds. The molecule has 1 aromatic rings. The Bertz CT molecular complexity index is 310. The quantitative estimate of drug-likeness (QED) is 0.781. The molecule has 0 aliphatic heterocycles. The Labute approximate surface area is 88.2 Å². The molecule has 0 aliphatic carbocycles. The van der Waals surface area contributed by atoms with Gasteiger partial charge in [-0.1, -0.05) is 23.7 Å². The first-order valence-corrected chi connectivity index (χ1v) is 4.72. The lowest BCUT2D eigenvalue weighted by molar-refractivity contribution is -0.119. The largest absolute Gasteiger partial charge is 0.368 e. The maximum absolute atomic E-state index is 10.9. The van der Waals surface area contributed by atoms with Crippen LogP contribution >= 0.6 is 11.6 Å². The second-order valence-electron chi connectivity index (χ2n) is 3.07. The highest BCUT2D eigenvalue weighted by Gasteiger charge is 2.12. The predicted octanol–water partition coefficient (Wildman–Crippen LogP) is 0.956. The van der Waals surface area contributed by atoms with Crippen LogP contribution in [-0.4, -0.2) is 19.0 Å². The van der Waals surface area contributed by atoms with Gasteiger partial charge in [-0.3, -0.25) is 4.79 Å². The molecule has 1 atom stereocenters. The van der Waals surface area contributed by atoms with E-state index < -0.39 is 0 Å². The van der Waals surface area contributed by atoms with E-state index in [0.29, 0.717) is 11.4 Å². The maximum Gasteiger partial charge on any atom is 0.234 e. The lowest BCUT2D eigenvalue weighted by Crippen LogP contribution is -2.40. The SMILES string of the molecule is CNC(Cc1ccc(Cl)cc1)C(N)=O. The molecule has 14 heavy (non-hydrogen) atoms. The lowest BCUT2D eigenvalue weighted by atomic mass is 10.1. The molecule has 0 aliphatic rings. The number of primary amides is 1. The molecule has 1 unspecified atom stereocenters. The van der Waals surface area contributed by atoms with Crippen molar-refractivity contribution in [3.05, 3.63) is 34.9 Å². The number of hydrogen-bond acceptors (Lipinski definition) is 2. The van der Waals surface area contributed by atoms with Gasteiger partial charge in [0, 0.05) is 5.02 Å². The van der Waals surface area contributed by atoms with Gasteiger partial charge in [-0.2, -0.15) is 0 Å². The molecule has 0 saturated carbocycles. The number of nitrogens with one attached hydrogen (secondary N) is 1. The summed E-state index contributed by atoms with van der Waals surface area (Å²) in [4.78, 5) is 10.9. The minimum absolute atomic E-state index is 0.323. The summed E-state index contributed by atoms with van der Waals surface area (Å²) in [7, 11) is 1.71. The smallest absolute Gasteiger partial charge is 0.234 e. The molecular formula is C10H13ClN2O. The number of hydrogen-bond donors (Lipinski definition) is 2. The normalized spacial score (nSPS) is 12.4. The van der Waals surface area contributed by atoms with Crippen LogP contribution in [0, 0.1) is 0 Å². The fourth-order valence-electron chi connectivity index (χ4n) is 1.20. The minimum atomic E-state index is -0.345. The van der Waals surface area contributed by atoms with Crippen molar-refractivity contribution in [1.29, 1.82) is 0 Å².